The van der Waals surface area contributed by atoms with Crippen molar-refractivity contribution in [1.82, 2.24) is 9.88 Å². The fourth-order valence-electron chi connectivity index (χ4n) is 3.05. The van der Waals surface area contributed by atoms with Crippen LogP contribution < -0.4 is 0 Å². The van der Waals surface area contributed by atoms with Gasteiger partial charge in [0.2, 0.25) is 5.76 Å². The summed E-state index contributed by atoms with van der Waals surface area (Å²) in [5, 5.41) is 10.3. The molecule has 2 heterocycles. The molecule has 118 valence electrons. The van der Waals surface area contributed by atoms with Crippen molar-refractivity contribution in [2.45, 2.75) is 45.2 Å². The second-order valence-electron chi connectivity index (χ2n) is 5.68. The van der Waals surface area contributed by atoms with Crippen LogP contribution in [0.3, 0.4) is 0 Å². The number of carbonyl (C=O) groups is 1. The SMILES string of the molecule is CCc1nc2c(s1)C(N(C)Cc1ccoc1C(=O)O)CCC2. The predicted octanol–water partition coefficient (Wildman–Crippen LogP) is 3.51. The summed E-state index contributed by atoms with van der Waals surface area (Å²) in [6, 6.07) is 2.06. The average Bonchev–Trinajstić information content (AvgIpc) is 3.12. The van der Waals surface area contributed by atoms with Crippen molar-refractivity contribution in [2.75, 3.05) is 7.05 Å². The number of aromatic carboxylic acids is 1. The number of thiazole rings is 1. The lowest BCUT2D eigenvalue weighted by Crippen LogP contribution is -2.27. The fourth-order valence-corrected chi connectivity index (χ4v) is 4.30. The quantitative estimate of drug-likeness (QED) is 0.913. The number of rotatable bonds is 5. The molecule has 6 heteroatoms. The Balaban J connectivity index is 1.81. The molecule has 0 spiro atoms. The van der Waals surface area contributed by atoms with E-state index in [4.69, 9.17) is 14.5 Å². The van der Waals surface area contributed by atoms with Crippen LogP contribution in [-0.2, 0) is 19.4 Å². The Hall–Kier alpha value is -1.66. The van der Waals surface area contributed by atoms with Crippen LogP contribution in [0.25, 0.3) is 0 Å². The Morgan fingerprint density at radius 1 is 1.59 bits per heavy atom. The molecule has 22 heavy (non-hydrogen) atoms. The molecule has 0 aromatic carbocycles. The summed E-state index contributed by atoms with van der Waals surface area (Å²) in [6.45, 7) is 2.70. The molecule has 0 amide bonds. The van der Waals surface area contributed by atoms with E-state index >= 15 is 0 Å². The first kappa shape index (κ1) is 15.2. The summed E-state index contributed by atoms with van der Waals surface area (Å²) in [6.07, 6.45) is 5.70. The molecule has 2 aromatic heterocycles. The first-order valence-electron chi connectivity index (χ1n) is 7.58. The lowest BCUT2D eigenvalue weighted by Gasteiger charge is -2.30. The monoisotopic (exact) mass is 320 g/mol. The van der Waals surface area contributed by atoms with Gasteiger partial charge in [-0.25, -0.2) is 9.78 Å². The van der Waals surface area contributed by atoms with Crippen molar-refractivity contribution in [2.24, 2.45) is 0 Å². The van der Waals surface area contributed by atoms with E-state index in [1.807, 2.05) is 7.05 Å². The lowest BCUT2D eigenvalue weighted by molar-refractivity contribution is 0.0658. The zero-order chi connectivity index (χ0) is 15.7. The van der Waals surface area contributed by atoms with Crippen LogP contribution in [-0.4, -0.2) is 28.0 Å². The van der Waals surface area contributed by atoms with Crippen LogP contribution in [0.1, 0.15) is 57.5 Å². The largest absolute Gasteiger partial charge is 0.475 e. The summed E-state index contributed by atoms with van der Waals surface area (Å²) in [5.74, 6) is -0.967. The van der Waals surface area contributed by atoms with Gasteiger partial charge in [0.05, 0.1) is 17.0 Å². The zero-order valence-electron chi connectivity index (χ0n) is 12.8. The van der Waals surface area contributed by atoms with Gasteiger partial charge in [0, 0.05) is 23.0 Å². The maximum atomic E-state index is 11.2. The minimum Gasteiger partial charge on any atom is -0.475 e. The molecule has 0 aliphatic heterocycles. The minimum absolute atomic E-state index is 0.0430. The van der Waals surface area contributed by atoms with Gasteiger partial charge in [0.1, 0.15) is 0 Å². The van der Waals surface area contributed by atoms with E-state index < -0.39 is 5.97 Å². The van der Waals surface area contributed by atoms with Crippen molar-refractivity contribution in [3.8, 4) is 0 Å². The predicted molar refractivity (Wildman–Crippen MR) is 84.3 cm³/mol. The smallest absolute Gasteiger partial charge is 0.372 e. The van der Waals surface area contributed by atoms with Gasteiger partial charge in [0.15, 0.2) is 0 Å². The number of carboxylic acid groups (broad SMARTS) is 1. The van der Waals surface area contributed by atoms with E-state index in [-0.39, 0.29) is 5.76 Å². The lowest BCUT2D eigenvalue weighted by atomic mass is 9.96. The Morgan fingerprint density at radius 2 is 2.41 bits per heavy atom. The first-order valence-corrected chi connectivity index (χ1v) is 8.40. The van der Waals surface area contributed by atoms with Gasteiger partial charge in [0.25, 0.3) is 0 Å². The molecule has 1 atom stereocenters. The van der Waals surface area contributed by atoms with Crippen LogP contribution in [0.5, 0.6) is 0 Å². The molecular weight excluding hydrogens is 300 g/mol. The molecule has 1 aliphatic rings. The summed E-state index contributed by atoms with van der Waals surface area (Å²) >= 11 is 1.80. The molecule has 1 aliphatic carbocycles. The topological polar surface area (TPSA) is 66.6 Å². The molecule has 1 N–H and O–H groups in total. The third-order valence-electron chi connectivity index (χ3n) is 4.16. The Morgan fingerprint density at radius 3 is 3.14 bits per heavy atom. The van der Waals surface area contributed by atoms with Crippen molar-refractivity contribution in [3.63, 3.8) is 0 Å². The normalized spacial score (nSPS) is 17.7. The molecule has 0 fully saturated rings. The fraction of sp³-hybridized carbons (Fsp3) is 0.500. The van der Waals surface area contributed by atoms with Gasteiger partial charge in [-0.1, -0.05) is 6.92 Å². The van der Waals surface area contributed by atoms with Gasteiger partial charge in [-0.15, -0.1) is 11.3 Å². The standard InChI is InChI=1S/C16H20N2O3S/c1-3-13-17-11-5-4-6-12(15(11)22-13)18(2)9-10-7-8-21-14(10)16(19)20/h7-8,12H,3-6,9H2,1-2H3,(H,19,20). The summed E-state index contributed by atoms with van der Waals surface area (Å²) < 4.78 is 5.07. The third kappa shape index (κ3) is 2.80. The molecule has 0 radical (unpaired) electrons. The Kier molecular flexibility index (Phi) is 4.31. The molecule has 5 nitrogen and oxygen atoms in total. The maximum Gasteiger partial charge on any atom is 0.372 e. The van der Waals surface area contributed by atoms with Gasteiger partial charge in [-0.3, -0.25) is 4.90 Å². The second kappa shape index (κ2) is 6.22. The molecule has 0 bridgehead atoms. The van der Waals surface area contributed by atoms with Crippen molar-refractivity contribution >= 4 is 17.3 Å². The van der Waals surface area contributed by atoms with Crippen LogP contribution in [0.15, 0.2) is 16.7 Å². The summed E-state index contributed by atoms with van der Waals surface area (Å²) in [7, 11) is 2.05. The number of furan rings is 1. The van der Waals surface area contributed by atoms with Gasteiger partial charge < -0.3 is 9.52 Å². The van der Waals surface area contributed by atoms with Crippen molar-refractivity contribution in [3.05, 3.63) is 39.2 Å². The highest BCUT2D eigenvalue weighted by Gasteiger charge is 2.28. The Bertz CT molecular complexity index is 677. The van der Waals surface area contributed by atoms with E-state index in [0.29, 0.717) is 12.6 Å². The van der Waals surface area contributed by atoms with Crippen molar-refractivity contribution < 1.29 is 14.3 Å². The van der Waals surface area contributed by atoms with Crippen LogP contribution >= 0.6 is 11.3 Å². The van der Waals surface area contributed by atoms with E-state index in [1.165, 1.54) is 21.8 Å². The number of fused-ring (bicyclic) bond motifs is 1. The number of nitrogens with zero attached hydrogens (tertiary/aromatic N) is 2. The van der Waals surface area contributed by atoms with E-state index in [9.17, 15) is 4.79 Å². The highest BCUT2D eigenvalue weighted by atomic mass is 32.1. The van der Waals surface area contributed by atoms with Crippen LogP contribution in [0.2, 0.25) is 0 Å². The number of carboxylic acids is 1. The van der Waals surface area contributed by atoms with Gasteiger partial charge in [-0.05, 0) is 38.8 Å². The number of hydrogen-bond acceptors (Lipinski definition) is 5. The zero-order valence-corrected chi connectivity index (χ0v) is 13.7. The molecule has 0 saturated carbocycles. The number of hydrogen-bond donors (Lipinski definition) is 1. The van der Waals surface area contributed by atoms with Crippen molar-refractivity contribution in [1.29, 1.82) is 0 Å². The number of aryl methyl sites for hydroxylation is 2. The summed E-state index contributed by atoms with van der Waals surface area (Å²) in [4.78, 5) is 19.5. The van der Waals surface area contributed by atoms with E-state index in [2.05, 4.69) is 11.8 Å². The average molecular weight is 320 g/mol. The van der Waals surface area contributed by atoms with Gasteiger partial charge >= 0.3 is 5.97 Å². The highest BCUT2D eigenvalue weighted by Crippen LogP contribution is 2.38. The minimum atomic E-state index is -1.01. The van der Waals surface area contributed by atoms with Crippen LogP contribution in [0.4, 0.5) is 0 Å². The number of aromatic nitrogens is 1. The second-order valence-corrected chi connectivity index (χ2v) is 6.79. The molecule has 3 rings (SSSR count). The first-order chi connectivity index (χ1) is 10.6. The molecule has 0 saturated heterocycles. The molecule has 1 unspecified atom stereocenters. The Labute approximate surface area is 133 Å². The van der Waals surface area contributed by atoms with Crippen LogP contribution in [0, 0.1) is 0 Å². The molecule has 2 aromatic rings. The molecular formula is C16H20N2O3S. The maximum absolute atomic E-state index is 11.2. The third-order valence-corrected chi connectivity index (χ3v) is 5.50. The van der Waals surface area contributed by atoms with Gasteiger partial charge in [-0.2, -0.15) is 0 Å². The van der Waals surface area contributed by atoms with E-state index in [1.54, 1.807) is 17.4 Å². The highest BCUT2D eigenvalue weighted by molar-refractivity contribution is 7.11. The van der Waals surface area contributed by atoms with E-state index in [0.717, 1.165) is 31.2 Å². The summed E-state index contributed by atoms with van der Waals surface area (Å²) in [5.41, 5.74) is 1.96.